The maximum Gasteiger partial charge on any atom is 0.0181 e. The topological polar surface area (TPSA) is 0 Å². The van der Waals surface area contributed by atoms with Crippen LogP contribution in [0.25, 0.3) is 87.6 Å². The molecular formula is C46H29Br. The number of hydrogen-bond acceptors (Lipinski definition) is 0. The van der Waals surface area contributed by atoms with Gasteiger partial charge in [-0.2, -0.15) is 0 Å². The van der Waals surface area contributed by atoms with E-state index in [9.17, 15) is 0 Å². The fraction of sp³-hybridized carbons (Fsp3) is 0. The van der Waals surface area contributed by atoms with Crippen LogP contribution < -0.4 is 0 Å². The van der Waals surface area contributed by atoms with E-state index in [-0.39, 0.29) is 0 Å². The minimum absolute atomic E-state index is 1.08. The zero-order valence-electron chi connectivity index (χ0n) is 25.6. The summed E-state index contributed by atoms with van der Waals surface area (Å²) in [5.41, 5.74) is 9.87. The first-order chi connectivity index (χ1) is 23.2. The number of rotatable bonds is 4. The SMILES string of the molecule is Brc1ccc2c(-c3ccc(-c4ccc5ccccc5c4)cc3)c3ccccc3c(-c3ccc(-c4ccc5ccccc5c4)cc3)c2c1. The van der Waals surface area contributed by atoms with Gasteiger partial charge in [0.25, 0.3) is 0 Å². The average Bonchev–Trinajstić information content (AvgIpc) is 3.13. The molecule has 0 aliphatic carbocycles. The summed E-state index contributed by atoms with van der Waals surface area (Å²) in [6, 6.07) is 64.3. The molecule has 9 rings (SSSR count). The molecule has 0 spiro atoms. The van der Waals surface area contributed by atoms with Crippen molar-refractivity contribution in [3.05, 3.63) is 180 Å². The molecule has 0 aliphatic rings. The van der Waals surface area contributed by atoms with Crippen molar-refractivity contribution in [3.63, 3.8) is 0 Å². The van der Waals surface area contributed by atoms with Crippen molar-refractivity contribution in [1.29, 1.82) is 0 Å². The molecule has 0 heterocycles. The van der Waals surface area contributed by atoms with Gasteiger partial charge in [0.15, 0.2) is 0 Å². The summed E-state index contributed by atoms with van der Waals surface area (Å²) in [7, 11) is 0. The van der Waals surface area contributed by atoms with Gasteiger partial charge in [-0.15, -0.1) is 0 Å². The molecule has 1 heteroatoms. The highest BCUT2D eigenvalue weighted by Crippen LogP contribution is 2.45. The molecule has 47 heavy (non-hydrogen) atoms. The zero-order valence-corrected chi connectivity index (χ0v) is 27.2. The van der Waals surface area contributed by atoms with Crippen molar-refractivity contribution in [2.24, 2.45) is 0 Å². The van der Waals surface area contributed by atoms with E-state index in [4.69, 9.17) is 0 Å². The van der Waals surface area contributed by atoms with Crippen LogP contribution in [0.2, 0.25) is 0 Å². The zero-order chi connectivity index (χ0) is 31.3. The molecular weight excluding hydrogens is 632 g/mol. The second-order valence-electron chi connectivity index (χ2n) is 12.3. The molecule has 0 saturated carbocycles. The van der Waals surface area contributed by atoms with Gasteiger partial charge in [-0.1, -0.05) is 168 Å². The Balaban J connectivity index is 1.18. The van der Waals surface area contributed by atoms with Crippen molar-refractivity contribution in [1.82, 2.24) is 0 Å². The minimum atomic E-state index is 1.08. The van der Waals surface area contributed by atoms with Gasteiger partial charge in [0.1, 0.15) is 0 Å². The Morgan fingerprint density at radius 1 is 0.255 bits per heavy atom. The van der Waals surface area contributed by atoms with Gasteiger partial charge in [0.05, 0.1) is 0 Å². The normalized spacial score (nSPS) is 11.5. The molecule has 0 amide bonds. The lowest BCUT2D eigenvalue weighted by atomic mass is 9.85. The van der Waals surface area contributed by atoms with E-state index < -0.39 is 0 Å². The van der Waals surface area contributed by atoms with Crippen LogP contribution in [0.4, 0.5) is 0 Å². The van der Waals surface area contributed by atoms with Crippen LogP contribution in [0.3, 0.4) is 0 Å². The Kier molecular flexibility index (Phi) is 6.73. The first-order valence-electron chi connectivity index (χ1n) is 16.0. The molecule has 0 nitrogen and oxygen atoms in total. The Morgan fingerprint density at radius 3 is 1.15 bits per heavy atom. The van der Waals surface area contributed by atoms with Crippen molar-refractivity contribution in [2.45, 2.75) is 0 Å². The Bertz CT molecular complexity index is 2610. The summed E-state index contributed by atoms with van der Waals surface area (Å²) in [6.45, 7) is 0. The highest BCUT2D eigenvalue weighted by Gasteiger charge is 2.17. The molecule has 0 aliphatic heterocycles. The lowest BCUT2D eigenvalue weighted by Gasteiger charge is -2.18. The number of hydrogen-bond donors (Lipinski definition) is 0. The molecule has 0 unspecified atom stereocenters. The average molecular weight is 662 g/mol. The summed E-state index contributed by atoms with van der Waals surface area (Å²) in [5.74, 6) is 0. The van der Waals surface area contributed by atoms with Crippen molar-refractivity contribution >= 4 is 59.0 Å². The molecule has 0 bridgehead atoms. The predicted octanol–water partition coefficient (Wildman–Crippen LogP) is 13.7. The second kappa shape index (κ2) is 11.4. The summed E-state index contributed by atoms with van der Waals surface area (Å²) < 4.78 is 1.08. The first kappa shape index (κ1) is 27.8. The van der Waals surface area contributed by atoms with Gasteiger partial charge in [-0.3, -0.25) is 0 Å². The Morgan fingerprint density at radius 2 is 0.638 bits per heavy atom. The molecule has 0 aromatic heterocycles. The second-order valence-corrected chi connectivity index (χ2v) is 13.2. The quantitative estimate of drug-likeness (QED) is 0.165. The lowest BCUT2D eigenvalue weighted by Crippen LogP contribution is -1.91. The molecule has 0 fully saturated rings. The van der Waals surface area contributed by atoms with Crippen LogP contribution in [0.1, 0.15) is 0 Å². The minimum Gasteiger partial charge on any atom is -0.0616 e. The van der Waals surface area contributed by atoms with Gasteiger partial charge in [-0.25, -0.2) is 0 Å². The van der Waals surface area contributed by atoms with Gasteiger partial charge >= 0.3 is 0 Å². The van der Waals surface area contributed by atoms with Gasteiger partial charge < -0.3 is 0 Å². The molecule has 0 saturated heterocycles. The smallest absolute Gasteiger partial charge is 0.0181 e. The molecule has 9 aromatic rings. The van der Waals surface area contributed by atoms with E-state index in [1.807, 2.05) is 0 Å². The third-order valence-corrected chi connectivity index (χ3v) is 9.99. The van der Waals surface area contributed by atoms with Gasteiger partial charge in [-0.05, 0) is 112 Å². The fourth-order valence-corrected chi connectivity index (χ4v) is 7.53. The maximum atomic E-state index is 3.80. The molecule has 0 radical (unpaired) electrons. The first-order valence-corrected chi connectivity index (χ1v) is 16.8. The summed E-state index contributed by atoms with van der Waals surface area (Å²) in [4.78, 5) is 0. The standard InChI is InChI=1S/C46H29Br/c47-40-25-26-43-44(29-40)46(35-21-15-33(16-22-35)39-24-18-31-8-2-4-10-37(31)28-39)42-12-6-5-11-41(42)45(43)34-19-13-32(14-20-34)38-23-17-30-7-1-3-9-36(30)27-38/h1-29H. The molecule has 9 aromatic carbocycles. The monoisotopic (exact) mass is 660 g/mol. The fourth-order valence-electron chi connectivity index (χ4n) is 7.17. The van der Waals surface area contributed by atoms with Crippen LogP contribution in [-0.2, 0) is 0 Å². The van der Waals surface area contributed by atoms with Crippen LogP contribution in [-0.4, -0.2) is 0 Å². The molecule has 0 atom stereocenters. The highest BCUT2D eigenvalue weighted by molar-refractivity contribution is 9.10. The van der Waals surface area contributed by atoms with Crippen molar-refractivity contribution in [2.75, 3.05) is 0 Å². The van der Waals surface area contributed by atoms with Gasteiger partial charge in [0, 0.05) is 4.47 Å². The lowest BCUT2D eigenvalue weighted by molar-refractivity contribution is 1.61. The van der Waals surface area contributed by atoms with E-state index in [2.05, 4.69) is 192 Å². The number of benzene rings is 9. The molecule has 0 N–H and O–H groups in total. The van der Waals surface area contributed by atoms with Crippen LogP contribution in [0, 0.1) is 0 Å². The van der Waals surface area contributed by atoms with Gasteiger partial charge in [0.2, 0.25) is 0 Å². The Hall–Kier alpha value is -5.50. The summed E-state index contributed by atoms with van der Waals surface area (Å²) in [5, 5.41) is 10.1. The largest absolute Gasteiger partial charge is 0.0616 e. The van der Waals surface area contributed by atoms with Crippen LogP contribution in [0.5, 0.6) is 0 Å². The third kappa shape index (κ3) is 4.92. The van der Waals surface area contributed by atoms with Crippen molar-refractivity contribution < 1.29 is 0 Å². The third-order valence-electron chi connectivity index (χ3n) is 9.50. The van der Waals surface area contributed by atoms with E-state index in [0.717, 1.165) is 4.47 Å². The van der Waals surface area contributed by atoms with Crippen LogP contribution >= 0.6 is 15.9 Å². The summed E-state index contributed by atoms with van der Waals surface area (Å²) >= 11 is 3.80. The highest BCUT2D eigenvalue weighted by atomic mass is 79.9. The maximum absolute atomic E-state index is 3.80. The predicted molar refractivity (Wildman–Crippen MR) is 206 cm³/mol. The summed E-state index contributed by atoms with van der Waals surface area (Å²) in [6.07, 6.45) is 0. The molecule has 220 valence electrons. The Labute approximate surface area is 282 Å². The number of fused-ring (bicyclic) bond motifs is 4. The van der Waals surface area contributed by atoms with E-state index >= 15 is 0 Å². The van der Waals surface area contributed by atoms with E-state index in [1.54, 1.807) is 0 Å². The van der Waals surface area contributed by atoms with E-state index in [0.29, 0.717) is 0 Å². The van der Waals surface area contributed by atoms with E-state index in [1.165, 1.54) is 87.6 Å². The van der Waals surface area contributed by atoms with Crippen molar-refractivity contribution in [3.8, 4) is 44.5 Å². The van der Waals surface area contributed by atoms with Crippen LogP contribution in [0.15, 0.2) is 180 Å². The number of halogens is 1.